The molecule has 0 bridgehead atoms. The summed E-state index contributed by atoms with van der Waals surface area (Å²) in [6, 6.07) is 9.79. The Bertz CT molecular complexity index is 727. The fourth-order valence-corrected chi connectivity index (χ4v) is 3.17. The first-order chi connectivity index (χ1) is 10.5. The highest BCUT2D eigenvalue weighted by Crippen LogP contribution is 2.19. The second-order valence-electron chi connectivity index (χ2n) is 3.80. The number of aryl methyl sites for hydroxylation is 1. The first-order valence-electron chi connectivity index (χ1n) is 7.25. The molecule has 1 aromatic heterocycles. The molecule has 0 aliphatic carbocycles. The topological polar surface area (TPSA) is 75.8 Å². The Kier molecular flexibility index (Phi) is 8.13. The van der Waals surface area contributed by atoms with E-state index in [9.17, 15) is 8.42 Å². The van der Waals surface area contributed by atoms with Gasteiger partial charge >= 0.3 is 0 Å². The van der Waals surface area contributed by atoms with Crippen LogP contribution >= 0.6 is 0 Å². The molecule has 0 N–H and O–H groups in total. The summed E-state index contributed by atoms with van der Waals surface area (Å²) < 4.78 is 25.8. The van der Waals surface area contributed by atoms with Crippen LogP contribution in [-0.2, 0) is 10.0 Å². The second-order valence-corrected chi connectivity index (χ2v) is 5.59. The van der Waals surface area contributed by atoms with E-state index in [1.165, 1.54) is 12.1 Å². The van der Waals surface area contributed by atoms with Crippen molar-refractivity contribution in [2.45, 2.75) is 46.4 Å². The van der Waals surface area contributed by atoms with Crippen molar-refractivity contribution >= 4 is 10.0 Å². The molecule has 6 heteroatoms. The Morgan fingerprint density at radius 2 is 1.55 bits per heavy atom. The van der Waals surface area contributed by atoms with Crippen LogP contribution in [0.2, 0.25) is 0 Å². The van der Waals surface area contributed by atoms with Crippen molar-refractivity contribution in [2.24, 2.45) is 0 Å². The molecule has 2 rings (SSSR count). The maximum absolute atomic E-state index is 12.4. The van der Waals surface area contributed by atoms with Gasteiger partial charge in [-0.2, -0.15) is 5.26 Å². The highest BCUT2D eigenvalue weighted by atomic mass is 32.2. The van der Waals surface area contributed by atoms with E-state index in [2.05, 4.69) is 4.98 Å². The lowest BCUT2D eigenvalue weighted by Crippen LogP contribution is -2.16. The summed E-state index contributed by atoms with van der Waals surface area (Å²) in [5.74, 6) is -0.117. The Hall–Kier alpha value is -2.13. The smallest absolute Gasteiger partial charge is 0.223 e. The second kappa shape index (κ2) is 9.00. The van der Waals surface area contributed by atoms with E-state index < -0.39 is 10.0 Å². The van der Waals surface area contributed by atoms with Crippen LogP contribution in [0.3, 0.4) is 0 Å². The summed E-state index contributed by atoms with van der Waals surface area (Å²) in [5, 5.41) is 8.97. The quantitative estimate of drug-likeness (QED) is 0.846. The van der Waals surface area contributed by atoms with Gasteiger partial charge in [0.2, 0.25) is 5.82 Å². The number of benzene rings is 1. The molecule has 1 heterocycles. The first kappa shape index (κ1) is 19.9. The molecule has 1 aromatic carbocycles. The van der Waals surface area contributed by atoms with Gasteiger partial charge in [0.1, 0.15) is 6.07 Å². The zero-order valence-electron chi connectivity index (χ0n) is 14.0. The number of rotatable bonds is 2. The van der Waals surface area contributed by atoms with Crippen LogP contribution in [0.4, 0.5) is 0 Å². The average molecular weight is 321 g/mol. The standard InChI is InChI=1S/C12H11N3O2S.2C2H6/c1-9-10(2)15(12(8-13)14-9)18(16,17)11-6-4-3-5-7-11;2*1-2/h3-7H,1-2H3;2*1-2H3. The fourth-order valence-electron chi connectivity index (χ4n) is 1.65. The largest absolute Gasteiger partial charge is 0.270 e. The molecule has 0 atom stereocenters. The number of hydrogen-bond donors (Lipinski definition) is 0. The molecule has 0 radical (unpaired) electrons. The number of imidazole rings is 1. The van der Waals surface area contributed by atoms with Crippen molar-refractivity contribution in [1.29, 1.82) is 5.26 Å². The fraction of sp³-hybridized carbons (Fsp3) is 0.375. The van der Waals surface area contributed by atoms with Gasteiger partial charge in [0.15, 0.2) is 0 Å². The summed E-state index contributed by atoms with van der Waals surface area (Å²) >= 11 is 0. The molecule has 120 valence electrons. The lowest BCUT2D eigenvalue weighted by Gasteiger charge is -2.08. The van der Waals surface area contributed by atoms with Crippen LogP contribution < -0.4 is 0 Å². The predicted octanol–water partition coefficient (Wildman–Crippen LogP) is 3.66. The van der Waals surface area contributed by atoms with Crippen molar-refractivity contribution in [3.63, 3.8) is 0 Å². The lowest BCUT2D eigenvalue weighted by atomic mass is 10.4. The highest BCUT2D eigenvalue weighted by molar-refractivity contribution is 7.90. The number of nitrogens with zero attached hydrogens (tertiary/aromatic N) is 3. The predicted molar refractivity (Wildman–Crippen MR) is 88.1 cm³/mol. The summed E-state index contributed by atoms with van der Waals surface area (Å²) in [6.07, 6.45) is 0. The molecule has 0 fully saturated rings. The molecule has 0 saturated carbocycles. The molecule has 22 heavy (non-hydrogen) atoms. The highest BCUT2D eigenvalue weighted by Gasteiger charge is 2.24. The van der Waals surface area contributed by atoms with E-state index in [4.69, 9.17) is 5.26 Å². The number of aromatic nitrogens is 2. The van der Waals surface area contributed by atoms with E-state index in [1.807, 2.05) is 27.7 Å². The van der Waals surface area contributed by atoms with Crippen LogP contribution in [0, 0.1) is 25.2 Å². The van der Waals surface area contributed by atoms with E-state index in [0.29, 0.717) is 11.4 Å². The van der Waals surface area contributed by atoms with Gasteiger partial charge in [0.25, 0.3) is 10.0 Å². The van der Waals surface area contributed by atoms with Gasteiger partial charge in [-0.3, -0.25) is 0 Å². The van der Waals surface area contributed by atoms with Gasteiger partial charge in [-0.25, -0.2) is 17.4 Å². The molecule has 0 unspecified atom stereocenters. The first-order valence-corrected chi connectivity index (χ1v) is 8.69. The van der Waals surface area contributed by atoms with Crippen molar-refractivity contribution in [3.8, 4) is 6.07 Å². The van der Waals surface area contributed by atoms with E-state index >= 15 is 0 Å². The average Bonchev–Trinajstić information content (AvgIpc) is 2.87. The van der Waals surface area contributed by atoms with E-state index in [1.54, 1.807) is 38.1 Å². The zero-order chi connectivity index (χ0) is 17.3. The maximum atomic E-state index is 12.4. The van der Waals surface area contributed by atoms with Crippen LogP contribution in [0.25, 0.3) is 0 Å². The third kappa shape index (κ3) is 3.95. The summed E-state index contributed by atoms with van der Waals surface area (Å²) in [7, 11) is -3.76. The zero-order valence-corrected chi connectivity index (χ0v) is 14.8. The van der Waals surface area contributed by atoms with Crippen molar-refractivity contribution < 1.29 is 8.42 Å². The summed E-state index contributed by atoms with van der Waals surface area (Å²) in [6.45, 7) is 11.3. The van der Waals surface area contributed by atoms with Gasteiger partial charge in [-0.1, -0.05) is 45.9 Å². The molecule has 0 saturated heterocycles. The summed E-state index contributed by atoms with van der Waals surface area (Å²) in [4.78, 5) is 4.08. The Balaban J connectivity index is 0.00000102. The van der Waals surface area contributed by atoms with Crippen molar-refractivity contribution in [1.82, 2.24) is 8.96 Å². The molecule has 2 aromatic rings. The van der Waals surface area contributed by atoms with Gasteiger partial charge in [-0.05, 0) is 26.0 Å². The monoisotopic (exact) mass is 321 g/mol. The molecule has 0 aliphatic rings. The third-order valence-electron chi connectivity index (χ3n) is 2.68. The lowest BCUT2D eigenvalue weighted by molar-refractivity contribution is 0.585. The van der Waals surface area contributed by atoms with Crippen LogP contribution in [0.15, 0.2) is 35.2 Å². The van der Waals surface area contributed by atoms with Gasteiger partial charge in [0, 0.05) is 0 Å². The number of nitriles is 1. The van der Waals surface area contributed by atoms with E-state index in [0.717, 1.165) is 3.97 Å². The van der Waals surface area contributed by atoms with Gasteiger partial charge in [0.05, 0.1) is 16.3 Å². The minimum atomic E-state index is -3.76. The normalized spacial score (nSPS) is 9.68. The summed E-state index contributed by atoms with van der Waals surface area (Å²) in [5.41, 5.74) is 0.987. The third-order valence-corrected chi connectivity index (χ3v) is 4.47. The minimum absolute atomic E-state index is 0.117. The van der Waals surface area contributed by atoms with Gasteiger partial charge < -0.3 is 0 Å². The Labute approximate surface area is 133 Å². The SMILES string of the molecule is CC.CC.Cc1nc(C#N)n(S(=O)(=O)c2ccccc2)c1C. The van der Waals surface area contributed by atoms with Crippen LogP contribution in [0.1, 0.15) is 44.9 Å². The Morgan fingerprint density at radius 3 is 2.00 bits per heavy atom. The van der Waals surface area contributed by atoms with E-state index in [-0.39, 0.29) is 10.7 Å². The molecular formula is C16H23N3O2S. The molecule has 0 spiro atoms. The van der Waals surface area contributed by atoms with Gasteiger partial charge in [-0.15, -0.1) is 0 Å². The molecule has 5 nitrogen and oxygen atoms in total. The molecular weight excluding hydrogens is 298 g/mol. The molecule has 0 aliphatic heterocycles. The maximum Gasteiger partial charge on any atom is 0.270 e. The van der Waals surface area contributed by atoms with Crippen molar-refractivity contribution in [3.05, 3.63) is 47.5 Å². The Morgan fingerprint density at radius 1 is 1.05 bits per heavy atom. The van der Waals surface area contributed by atoms with Crippen LogP contribution in [0.5, 0.6) is 0 Å². The minimum Gasteiger partial charge on any atom is -0.223 e. The number of hydrogen-bond acceptors (Lipinski definition) is 4. The van der Waals surface area contributed by atoms with Crippen molar-refractivity contribution in [2.75, 3.05) is 0 Å². The van der Waals surface area contributed by atoms with Crippen LogP contribution in [-0.4, -0.2) is 17.4 Å². The molecule has 0 amide bonds.